The molecule has 0 radical (unpaired) electrons. The smallest absolute Gasteiger partial charge is 0.269 e. The number of sulfonamides is 1. The number of hydrogen-bond donors (Lipinski definition) is 1. The van der Waals surface area contributed by atoms with Crippen LogP contribution in [-0.4, -0.2) is 54.5 Å². The highest BCUT2D eigenvalue weighted by atomic mass is 32.2. The van der Waals surface area contributed by atoms with E-state index in [4.69, 9.17) is 0 Å². The van der Waals surface area contributed by atoms with Gasteiger partial charge in [-0.15, -0.1) is 0 Å². The number of likely N-dealkylation sites (N-methyl/N-ethyl adjacent to an activating group) is 1. The van der Waals surface area contributed by atoms with Gasteiger partial charge in [0.25, 0.3) is 15.9 Å². The highest BCUT2D eigenvalue weighted by molar-refractivity contribution is 7.90. The number of aryl methyl sites for hydroxylation is 1. The summed E-state index contributed by atoms with van der Waals surface area (Å²) in [6.45, 7) is 4.32. The average Bonchev–Trinajstić information content (AvgIpc) is 3.12. The lowest BCUT2D eigenvalue weighted by Gasteiger charge is -2.32. The van der Waals surface area contributed by atoms with Gasteiger partial charge >= 0.3 is 0 Å². The van der Waals surface area contributed by atoms with Crippen LogP contribution in [0.2, 0.25) is 0 Å². The molecule has 0 bridgehead atoms. The van der Waals surface area contributed by atoms with Crippen molar-refractivity contribution in [3.8, 4) is 0 Å². The van der Waals surface area contributed by atoms with Crippen molar-refractivity contribution in [1.29, 1.82) is 0 Å². The van der Waals surface area contributed by atoms with Gasteiger partial charge in [0.15, 0.2) is 0 Å². The van der Waals surface area contributed by atoms with Gasteiger partial charge in [0.2, 0.25) is 11.8 Å². The maximum atomic E-state index is 13.7. The molecule has 1 N–H and O–H groups in total. The number of nitrogens with zero attached hydrogens (tertiary/aromatic N) is 2. The largest absolute Gasteiger partial charge is 0.355 e. The first-order valence-corrected chi connectivity index (χ1v) is 14.5. The van der Waals surface area contributed by atoms with Crippen LogP contribution in [0.15, 0.2) is 83.8 Å². The Morgan fingerprint density at radius 1 is 0.949 bits per heavy atom. The molecule has 4 rings (SSSR count). The summed E-state index contributed by atoms with van der Waals surface area (Å²) >= 11 is 0. The molecule has 9 heteroatoms. The molecule has 1 unspecified atom stereocenters. The molecule has 3 aromatic rings. The van der Waals surface area contributed by atoms with Gasteiger partial charge in [-0.1, -0.05) is 72.3 Å². The molecule has 8 nitrogen and oxygen atoms in total. The zero-order valence-corrected chi connectivity index (χ0v) is 23.0. The molecule has 0 aliphatic carbocycles. The van der Waals surface area contributed by atoms with Crippen LogP contribution in [0.3, 0.4) is 0 Å². The Hall–Kier alpha value is -3.98. The second-order valence-electron chi connectivity index (χ2n) is 9.59. The SMILES string of the molecule is CCNC(=O)C(Cc1ccccc1)N(Cc1cccc(C)c1)C(=O)CCCN1C(=O)c2ccccc2S1(=O)=O. The molecule has 0 saturated heterocycles. The van der Waals surface area contributed by atoms with Gasteiger partial charge in [0, 0.05) is 32.5 Å². The molecule has 0 aromatic heterocycles. The standard InChI is InChI=1S/C30H33N3O5S/c1-3-31-29(35)26(20-23-12-5-4-6-13-23)32(21-24-14-9-11-22(2)19-24)28(34)17-10-18-33-30(36)25-15-7-8-16-27(25)39(33,37)38/h4-9,11-16,19,26H,3,10,17-18,20-21H2,1-2H3,(H,31,35). The van der Waals surface area contributed by atoms with Crippen molar-refractivity contribution in [3.05, 3.63) is 101 Å². The molecule has 39 heavy (non-hydrogen) atoms. The number of benzene rings is 3. The number of amides is 3. The molecule has 1 aliphatic rings. The fraction of sp³-hybridized carbons (Fsp3) is 0.300. The third-order valence-corrected chi connectivity index (χ3v) is 8.56. The van der Waals surface area contributed by atoms with Crippen LogP contribution in [0.1, 0.15) is 46.8 Å². The van der Waals surface area contributed by atoms with Crippen LogP contribution in [0, 0.1) is 6.92 Å². The first kappa shape index (κ1) is 28.0. The Morgan fingerprint density at radius 2 is 1.64 bits per heavy atom. The minimum Gasteiger partial charge on any atom is -0.355 e. The van der Waals surface area contributed by atoms with Crippen molar-refractivity contribution in [1.82, 2.24) is 14.5 Å². The summed E-state index contributed by atoms with van der Waals surface area (Å²) in [4.78, 5) is 41.3. The maximum Gasteiger partial charge on any atom is 0.269 e. The van der Waals surface area contributed by atoms with Gasteiger partial charge in [0.05, 0.1) is 5.56 Å². The van der Waals surface area contributed by atoms with E-state index in [1.54, 1.807) is 17.0 Å². The highest BCUT2D eigenvalue weighted by Crippen LogP contribution is 2.30. The number of nitrogens with one attached hydrogen (secondary N) is 1. The van der Waals surface area contributed by atoms with E-state index in [2.05, 4.69) is 5.32 Å². The van der Waals surface area contributed by atoms with Crippen LogP contribution in [0.4, 0.5) is 0 Å². The summed E-state index contributed by atoms with van der Waals surface area (Å²) in [5, 5.41) is 2.86. The normalized spacial score (nSPS) is 14.5. The zero-order chi connectivity index (χ0) is 28.0. The number of fused-ring (bicyclic) bond motifs is 1. The molecule has 1 aliphatic heterocycles. The predicted octanol–water partition coefficient (Wildman–Crippen LogP) is 3.70. The van der Waals surface area contributed by atoms with Gasteiger partial charge in [-0.3, -0.25) is 14.4 Å². The second-order valence-corrected chi connectivity index (χ2v) is 11.4. The fourth-order valence-electron chi connectivity index (χ4n) is 4.82. The number of hydrogen-bond acceptors (Lipinski definition) is 5. The van der Waals surface area contributed by atoms with Gasteiger partial charge in [0.1, 0.15) is 10.9 Å². The van der Waals surface area contributed by atoms with E-state index in [1.165, 1.54) is 12.1 Å². The molecule has 1 atom stereocenters. The van der Waals surface area contributed by atoms with Crippen molar-refractivity contribution >= 4 is 27.7 Å². The molecular weight excluding hydrogens is 514 g/mol. The second kappa shape index (κ2) is 12.3. The summed E-state index contributed by atoms with van der Waals surface area (Å²) in [7, 11) is -3.95. The minimum absolute atomic E-state index is 0.0124. The van der Waals surface area contributed by atoms with Gasteiger partial charge < -0.3 is 10.2 Å². The summed E-state index contributed by atoms with van der Waals surface area (Å²) in [6.07, 6.45) is 0.445. The van der Waals surface area contributed by atoms with Crippen molar-refractivity contribution in [2.24, 2.45) is 0 Å². The first-order chi connectivity index (χ1) is 18.7. The highest BCUT2D eigenvalue weighted by Gasteiger charge is 2.40. The molecule has 204 valence electrons. The van der Waals surface area contributed by atoms with Crippen LogP contribution < -0.4 is 5.32 Å². The molecule has 0 spiro atoms. The monoisotopic (exact) mass is 547 g/mol. The molecular formula is C30H33N3O5S. The molecule has 3 aromatic carbocycles. The molecule has 0 fully saturated rings. The van der Waals surface area contributed by atoms with E-state index >= 15 is 0 Å². The lowest BCUT2D eigenvalue weighted by molar-refractivity contribution is -0.141. The third kappa shape index (κ3) is 6.37. The van der Waals surface area contributed by atoms with Gasteiger partial charge in [-0.2, -0.15) is 0 Å². The van der Waals surface area contributed by atoms with E-state index in [0.717, 1.165) is 21.0 Å². The fourth-order valence-corrected chi connectivity index (χ4v) is 6.43. The van der Waals surface area contributed by atoms with E-state index < -0.39 is 22.0 Å². The van der Waals surface area contributed by atoms with Crippen molar-refractivity contribution in [2.75, 3.05) is 13.1 Å². The van der Waals surface area contributed by atoms with Crippen LogP contribution >= 0.6 is 0 Å². The Balaban J connectivity index is 1.55. The molecule has 1 heterocycles. The summed E-state index contributed by atoms with van der Waals surface area (Å²) in [6, 6.07) is 22.6. The van der Waals surface area contributed by atoms with Gasteiger partial charge in [-0.25, -0.2) is 12.7 Å². The van der Waals surface area contributed by atoms with E-state index in [1.807, 2.05) is 68.4 Å². The summed E-state index contributed by atoms with van der Waals surface area (Å²) < 4.78 is 26.6. The Kier molecular flexibility index (Phi) is 8.81. The Morgan fingerprint density at radius 3 is 2.33 bits per heavy atom. The molecule has 3 amide bonds. The van der Waals surface area contributed by atoms with Crippen molar-refractivity contribution in [3.63, 3.8) is 0 Å². The average molecular weight is 548 g/mol. The number of rotatable bonds is 11. The van der Waals surface area contributed by atoms with Crippen LogP contribution in [-0.2, 0) is 32.6 Å². The Bertz CT molecular complexity index is 1460. The van der Waals surface area contributed by atoms with E-state index in [0.29, 0.717) is 13.0 Å². The van der Waals surface area contributed by atoms with Gasteiger partial charge in [-0.05, 0) is 43.5 Å². The number of carbonyl (C=O) groups is 3. The topological polar surface area (TPSA) is 104 Å². The first-order valence-electron chi connectivity index (χ1n) is 13.0. The molecule has 0 saturated carbocycles. The van der Waals surface area contributed by atoms with Crippen molar-refractivity contribution in [2.45, 2.75) is 50.6 Å². The van der Waals surface area contributed by atoms with Crippen LogP contribution in [0.5, 0.6) is 0 Å². The predicted molar refractivity (Wildman–Crippen MR) is 148 cm³/mol. The maximum absolute atomic E-state index is 13.7. The number of carbonyl (C=O) groups excluding carboxylic acids is 3. The Labute approximate surface area is 229 Å². The van der Waals surface area contributed by atoms with E-state index in [-0.39, 0.29) is 48.2 Å². The van der Waals surface area contributed by atoms with E-state index in [9.17, 15) is 22.8 Å². The zero-order valence-electron chi connectivity index (χ0n) is 22.2. The summed E-state index contributed by atoms with van der Waals surface area (Å²) in [5.41, 5.74) is 2.99. The van der Waals surface area contributed by atoms with Crippen LogP contribution in [0.25, 0.3) is 0 Å². The summed E-state index contributed by atoms with van der Waals surface area (Å²) in [5.74, 6) is -1.13. The quantitative estimate of drug-likeness (QED) is 0.394. The minimum atomic E-state index is -3.95. The lowest BCUT2D eigenvalue weighted by atomic mass is 10.0. The third-order valence-electron chi connectivity index (χ3n) is 6.72. The van der Waals surface area contributed by atoms with Crippen molar-refractivity contribution < 1.29 is 22.8 Å². The lowest BCUT2D eigenvalue weighted by Crippen LogP contribution is -2.50.